The number of benzene rings is 2. The summed E-state index contributed by atoms with van der Waals surface area (Å²) in [4.78, 5) is 0.579. The van der Waals surface area contributed by atoms with Crippen molar-refractivity contribution in [3.05, 3.63) is 58.6 Å². The van der Waals surface area contributed by atoms with Crippen LogP contribution in [0, 0.1) is 0 Å². The predicted octanol–water partition coefficient (Wildman–Crippen LogP) is 4.40. The second-order valence-corrected chi connectivity index (χ2v) is 4.97. The maximum absolute atomic E-state index is 9.78. The highest BCUT2D eigenvalue weighted by Crippen LogP contribution is 2.27. The van der Waals surface area contributed by atoms with Gasteiger partial charge in [-0.15, -0.1) is 0 Å². The van der Waals surface area contributed by atoms with E-state index in [1.165, 1.54) is 5.56 Å². The molecule has 98 valence electrons. The van der Waals surface area contributed by atoms with E-state index < -0.39 is 0 Å². The molecule has 0 saturated heterocycles. The Bertz CT molecular complexity index is 613. The van der Waals surface area contributed by atoms with E-state index in [4.69, 9.17) is 23.8 Å². The summed E-state index contributed by atoms with van der Waals surface area (Å²) < 4.78 is 0. The Morgan fingerprint density at radius 1 is 1.26 bits per heavy atom. The number of phenolic OH excluding ortho intramolecular Hbond substituents is 1. The topological polar surface area (TPSA) is 32.3 Å². The molecular formula is C15H14ClNOS. The molecule has 2 rings (SSSR count). The van der Waals surface area contributed by atoms with Crippen molar-refractivity contribution in [2.24, 2.45) is 0 Å². The maximum Gasteiger partial charge on any atom is 0.139 e. The predicted molar refractivity (Wildman–Crippen MR) is 84.3 cm³/mol. The van der Waals surface area contributed by atoms with Crippen LogP contribution >= 0.6 is 23.8 Å². The minimum Gasteiger partial charge on any atom is -0.506 e. The smallest absolute Gasteiger partial charge is 0.139 e. The van der Waals surface area contributed by atoms with Crippen LogP contribution in [0.1, 0.15) is 18.1 Å². The standard InChI is InChI=1S/C15H14ClNOS/c1-2-10-5-3-4-6-12(10)15(19)17-13-9-11(16)7-8-14(13)18/h3-9,18H,2H2,1H3,(H,17,19). The number of hydrogen-bond donors (Lipinski definition) is 2. The summed E-state index contributed by atoms with van der Waals surface area (Å²) in [5.41, 5.74) is 2.66. The molecule has 0 aliphatic rings. The van der Waals surface area contributed by atoms with E-state index in [1.54, 1.807) is 18.2 Å². The number of phenols is 1. The lowest BCUT2D eigenvalue weighted by Gasteiger charge is -2.13. The van der Waals surface area contributed by atoms with Gasteiger partial charge in [-0.05, 0) is 30.2 Å². The minimum atomic E-state index is 0.126. The van der Waals surface area contributed by atoms with E-state index in [0.717, 1.165) is 12.0 Å². The van der Waals surface area contributed by atoms with Crippen LogP contribution in [0.5, 0.6) is 5.75 Å². The van der Waals surface area contributed by atoms with Crippen LogP contribution in [0.3, 0.4) is 0 Å². The summed E-state index contributed by atoms with van der Waals surface area (Å²) in [7, 11) is 0. The molecule has 0 spiro atoms. The third-order valence-corrected chi connectivity index (χ3v) is 3.41. The summed E-state index contributed by atoms with van der Waals surface area (Å²) in [5.74, 6) is 0.126. The molecule has 2 N–H and O–H groups in total. The molecule has 0 fully saturated rings. The molecule has 0 amide bonds. The molecule has 0 saturated carbocycles. The lowest BCUT2D eigenvalue weighted by atomic mass is 10.1. The van der Waals surface area contributed by atoms with Crippen molar-refractivity contribution in [1.82, 2.24) is 0 Å². The number of halogens is 1. The van der Waals surface area contributed by atoms with Crippen LogP contribution in [-0.4, -0.2) is 10.1 Å². The molecule has 0 aromatic heterocycles. The summed E-state index contributed by atoms with van der Waals surface area (Å²) in [6, 6.07) is 12.8. The maximum atomic E-state index is 9.78. The zero-order valence-electron chi connectivity index (χ0n) is 10.5. The van der Waals surface area contributed by atoms with Crippen LogP contribution in [-0.2, 0) is 6.42 Å². The second-order valence-electron chi connectivity index (χ2n) is 4.13. The summed E-state index contributed by atoms with van der Waals surface area (Å²) >= 11 is 11.3. The number of aryl methyl sites for hydroxylation is 1. The highest BCUT2D eigenvalue weighted by Gasteiger charge is 2.09. The zero-order chi connectivity index (χ0) is 13.8. The molecule has 0 aliphatic carbocycles. The van der Waals surface area contributed by atoms with Crippen LogP contribution < -0.4 is 5.32 Å². The fraction of sp³-hybridized carbons (Fsp3) is 0.133. The van der Waals surface area contributed by atoms with Crippen molar-refractivity contribution in [2.45, 2.75) is 13.3 Å². The fourth-order valence-corrected chi connectivity index (χ4v) is 2.33. The van der Waals surface area contributed by atoms with Crippen LogP contribution in [0.15, 0.2) is 42.5 Å². The molecule has 2 aromatic carbocycles. The highest BCUT2D eigenvalue weighted by atomic mass is 35.5. The van der Waals surface area contributed by atoms with Crippen molar-refractivity contribution in [3.63, 3.8) is 0 Å². The lowest BCUT2D eigenvalue weighted by molar-refractivity contribution is 0.478. The van der Waals surface area contributed by atoms with Gasteiger partial charge in [-0.1, -0.05) is 55.0 Å². The van der Waals surface area contributed by atoms with E-state index in [2.05, 4.69) is 12.2 Å². The van der Waals surface area contributed by atoms with E-state index in [1.807, 2.05) is 24.3 Å². The Balaban J connectivity index is 2.28. The molecule has 0 aliphatic heterocycles. The van der Waals surface area contributed by atoms with Crippen LogP contribution in [0.25, 0.3) is 0 Å². The van der Waals surface area contributed by atoms with Crippen molar-refractivity contribution >= 4 is 34.5 Å². The number of thiocarbonyl (C=S) groups is 1. The van der Waals surface area contributed by atoms with E-state index in [9.17, 15) is 5.11 Å². The minimum absolute atomic E-state index is 0.126. The van der Waals surface area contributed by atoms with Crippen LogP contribution in [0.2, 0.25) is 5.02 Å². The fourth-order valence-electron chi connectivity index (χ4n) is 1.85. The third-order valence-electron chi connectivity index (χ3n) is 2.85. The SMILES string of the molecule is CCc1ccccc1C(=S)Nc1cc(Cl)ccc1O. The van der Waals surface area contributed by atoms with Crippen molar-refractivity contribution in [3.8, 4) is 5.75 Å². The molecule has 19 heavy (non-hydrogen) atoms. The first-order chi connectivity index (χ1) is 9.11. The van der Waals surface area contributed by atoms with E-state index in [0.29, 0.717) is 15.7 Å². The Kier molecular flexibility index (Phi) is 4.40. The molecular weight excluding hydrogens is 278 g/mol. The normalized spacial score (nSPS) is 10.2. The average Bonchev–Trinajstić information content (AvgIpc) is 2.42. The largest absolute Gasteiger partial charge is 0.506 e. The first-order valence-corrected chi connectivity index (χ1v) is 6.78. The first kappa shape index (κ1) is 13.8. The van der Waals surface area contributed by atoms with Gasteiger partial charge in [-0.2, -0.15) is 0 Å². The molecule has 0 atom stereocenters. The average molecular weight is 292 g/mol. The Hall–Kier alpha value is -1.58. The molecule has 0 radical (unpaired) electrons. The van der Waals surface area contributed by atoms with Gasteiger partial charge in [0, 0.05) is 10.6 Å². The monoisotopic (exact) mass is 291 g/mol. The van der Waals surface area contributed by atoms with Gasteiger partial charge in [-0.3, -0.25) is 0 Å². The van der Waals surface area contributed by atoms with Gasteiger partial charge in [0.15, 0.2) is 0 Å². The number of anilines is 1. The third kappa shape index (κ3) is 3.25. The number of rotatable bonds is 3. The van der Waals surface area contributed by atoms with Crippen molar-refractivity contribution in [1.29, 1.82) is 0 Å². The van der Waals surface area contributed by atoms with E-state index in [-0.39, 0.29) is 5.75 Å². The van der Waals surface area contributed by atoms with Crippen LogP contribution in [0.4, 0.5) is 5.69 Å². The van der Waals surface area contributed by atoms with Gasteiger partial charge in [0.05, 0.1) is 5.69 Å². The summed E-state index contributed by atoms with van der Waals surface area (Å²) in [5, 5.41) is 13.4. The Morgan fingerprint density at radius 3 is 2.74 bits per heavy atom. The lowest BCUT2D eigenvalue weighted by Crippen LogP contribution is -2.12. The zero-order valence-corrected chi connectivity index (χ0v) is 12.1. The quantitative estimate of drug-likeness (QED) is 0.649. The number of aromatic hydroxyl groups is 1. The molecule has 0 unspecified atom stereocenters. The number of hydrogen-bond acceptors (Lipinski definition) is 2. The van der Waals surface area contributed by atoms with Crippen molar-refractivity contribution < 1.29 is 5.11 Å². The van der Waals surface area contributed by atoms with Gasteiger partial charge in [-0.25, -0.2) is 0 Å². The highest BCUT2D eigenvalue weighted by molar-refractivity contribution is 7.81. The molecule has 2 aromatic rings. The van der Waals surface area contributed by atoms with Gasteiger partial charge < -0.3 is 10.4 Å². The molecule has 0 heterocycles. The summed E-state index contributed by atoms with van der Waals surface area (Å²) in [6.45, 7) is 2.08. The Labute approximate surface area is 123 Å². The van der Waals surface area contributed by atoms with E-state index >= 15 is 0 Å². The van der Waals surface area contributed by atoms with Crippen molar-refractivity contribution in [2.75, 3.05) is 5.32 Å². The Morgan fingerprint density at radius 2 is 2.00 bits per heavy atom. The van der Waals surface area contributed by atoms with Gasteiger partial charge in [0.2, 0.25) is 0 Å². The van der Waals surface area contributed by atoms with Gasteiger partial charge in [0.25, 0.3) is 0 Å². The molecule has 0 bridgehead atoms. The molecule has 4 heteroatoms. The van der Waals surface area contributed by atoms with Gasteiger partial charge in [0.1, 0.15) is 10.7 Å². The second kappa shape index (κ2) is 6.04. The number of nitrogens with one attached hydrogen (secondary N) is 1. The van der Waals surface area contributed by atoms with Gasteiger partial charge >= 0.3 is 0 Å². The summed E-state index contributed by atoms with van der Waals surface area (Å²) in [6.07, 6.45) is 0.902. The molecule has 2 nitrogen and oxygen atoms in total. The first-order valence-electron chi connectivity index (χ1n) is 5.99.